The first-order valence-electron chi connectivity index (χ1n) is 9.68. The summed E-state index contributed by atoms with van der Waals surface area (Å²) >= 11 is 6.16. The number of carbonyl (C=O) groups is 4. The lowest BCUT2D eigenvalue weighted by Crippen LogP contribution is -2.63. The van der Waals surface area contributed by atoms with Crippen molar-refractivity contribution in [1.29, 1.82) is 0 Å². The van der Waals surface area contributed by atoms with Gasteiger partial charge in [-0.2, -0.15) is 0 Å². The first-order chi connectivity index (χ1) is 14.8. The number of amides is 3. The number of esters is 1. The minimum atomic E-state index is -0.947. The number of nitrogens with zero attached hydrogens (tertiary/aromatic N) is 2. The van der Waals surface area contributed by atoms with Crippen LogP contribution in [0.25, 0.3) is 0 Å². The molecule has 160 valence electrons. The van der Waals surface area contributed by atoms with Crippen LogP contribution >= 0.6 is 11.6 Å². The topological polar surface area (TPSA) is 96.0 Å². The summed E-state index contributed by atoms with van der Waals surface area (Å²) in [7, 11) is 1.25. The Labute approximate surface area is 183 Å². The standard InChI is InChI=1S/C22H20ClN3O5/c1-22-10-9-19(28)26(22)17-6-4-3-5-14(17)20(29)25(22)12-18(27)24-16-11-13(21(30)31-2)7-8-15(16)23/h3-8,11H,9-10,12H2,1-2H3,(H,24,27). The van der Waals surface area contributed by atoms with E-state index < -0.39 is 17.5 Å². The molecule has 8 nitrogen and oxygen atoms in total. The van der Waals surface area contributed by atoms with Crippen molar-refractivity contribution in [3.63, 3.8) is 0 Å². The van der Waals surface area contributed by atoms with E-state index in [1.807, 2.05) is 0 Å². The fourth-order valence-corrected chi connectivity index (χ4v) is 4.31. The molecule has 2 aliphatic heterocycles. The van der Waals surface area contributed by atoms with Gasteiger partial charge >= 0.3 is 5.97 Å². The van der Waals surface area contributed by atoms with Crippen molar-refractivity contribution in [3.8, 4) is 0 Å². The molecule has 0 spiro atoms. The van der Waals surface area contributed by atoms with E-state index in [-0.39, 0.29) is 41.1 Å². The quantitative estimate of drug-likeness (QED) is 0.735. The van der Waals surface area contributed by atoms with Crippen LogP contribution in [0.1, 0.15) is 40.5 Å². The smallest absolute Gasteiger partial charge is 0.337 e. The van der Waals surface area contributed by atoms with E-state index in [2.05, 4.69) is 5.32 Å². The highest BCUT2D eigenvalue weighted by Crippen LogP contribution is 2.43. The molecular formula is C22H20ClN3O5. The predicted molar refractivity (Wildman–Crippen MR) is 114 cm³/mol. The van der Waals surface area contributed by atoms with Crippen LogP contribution in [0, 0.1) is 0 Å². The van der Waals surface area contributed by atoms with Gasteiger partial charge in [0, 0.05) is 6.42 Å². The first-order valence-corrected chi connectivity index (χ1v) is 10.1. The van der Waals surface area contributed by atoms with Crippen LogP contribution in [-0.4, -0.2) is 47.9 Å². The summed E-state index contributed by atoms with van der Waals surface area (Å²) in [6.07, 6.45) is 0.695. The zero-order chi connectivity index (χ0) is 22.3. The lowest BCUT2D eigenvalue weighted by Gasteiger charge is -2.48. The Bertz CT molecular complexity index is 1120. The molecule has 3 amide bonds. The van der Waals surface area contributed by atoms with Gasteiger partial charge in [0.15, 0.2) is 0 Å². The number of methoxy groups -OCH3 is 1. The Morgan fingerprint density at radius 2 is 1.94 bits per heavy atom. The number of hydrogen-bond donors (Lipinski definition) is 1. The van der Waals surface area contributed by atoms with Crippen LogP contribution < -0.4 is 10.2 Å². The average Bonchev–Trinajstić information content (AvgIpc) is 3.07. The van der Waals surface area contributed by atoms with Gasteiger partial charge in [-0.1, -0.05) is 23.7 Å². The van der Waals surface area contributed by atoms with E-state index >= 15 is 0 Å². The molecule has 0 aliphatic carbocycles. The van der Waals surface area contributed by atoms with Gasteiger partial charge in [0.2, 0.25) is 11.8 Å². The van der Waals surface area contributed by atoms with E-state index in [1.54, 1.807) is 36.1 Å². The molecule has 2 aliphatic rings. The molecule has 1 atom stereocenters. The van der Waals surface area contributed by atoms with Crippen molar-refractivity contribution < 1.29 is 23.9 Å². The van der Waals surface area contributed by atoms with Crippen molar-refractivity contribution >= 4 is 46.7 Å². The predicted octanol–water partition coefficient (Wildman–Crippen LogP) is 3.06. The second-order valence-electron chi connectivity index (χ2n) is 7.59. The van der Waals surface area contributed by atoms with Crippen LogP contribution in [-0.2, 0) is 14.3 Å². The molecule has 1 unspecified atom stereocenters. The number of anilines is 2. The van der Waals surface area contributed by atoms with Crippen molar-refractivity contribution in [2.75, 3.05) is 23.9 Å². The van der Waals surface area contributed by atoms with Gasteiger partial charge in [-0.15, -0.1) is 0 Å². The summed E-state index contributed by atoms with van der Waals surface area (Å²) in [4.78, 5) is 53.5. The summed E-state index contributed by atoms with van der Waals surface area (Å²) in [5.74, 6) is -1.49. The molecule has 0 bridgehead atoms. The van der Waals surface area contributed by atoms with E-state index in [0.717, 1.165) is 0 Å². The first kappa shape index (κ1) is 20.9. The number of hydrogen-bond acceptors (Lipinski definition) is 5. The number of carbonyl (C=O) groups excluding carboxylic acids is 4. The average molecular weight is 442 g/mol. The third-order valence-electron chi connectivity index (χ3n) is 5.71. The molecule has 1 N–H and O–H groups in total. The van der Waals surface area contributed by atoms with E-state index in [9.17, 15) is 19.2 Å². The number of halogens is 1. The molecule has 2 aromatic rings. The lowest BCUT2D eigenvalue weighted by atomic mass is 9.98. The zero-order valence-electron chi connectivity index (χ0n) is 17.0. The fourth-order valence-electron chi connectivity index (χ4n) is 4.14. The van der Waals surface area contributed by atoms with Gasteiger partial charge in [-0.25, -0.2) is 4.79 Å². The highest BCUT2D eigenvalue weighted by atomic mass is 35.5. The van der Waals surface area contributed by atoms with Gasteiger partial charge in [0.05, 0.1) is 34.6 Å². The summed E-state index contributed by atoms with van der Waals surface area (Å²) < 4.78 is 4.69. The number of rotatable bonds is 4. The molecule has 1 saturated heterocycles. The molecule has 2 aromatic carbocycles. The summed E-state index contributed by atoms with van der Waals surface area (Å²) in [5.41, 5.74) is 0.433. The van der Waals surface area contributed by atoms with Gasteiger partial charge in [0.25, 0.3) is 5.91 Å². The van der Waals surface area contributed by atoms with Crippen molar-refractivity contribution in [2.45, 2.75) is 25.4 Å². The number of para-hydroxylation sites is 1. The SMILES string of the molecule is COC(=O)c1ccc(Cl)c(NC(=O)CN2C(=O)c3ccccc3N3C(=O)CCC23C)c1. The second kappa shape index (κ2) is 7.70. The molecule has 0 saturated carbocycles. The van der Waals surface area contributed by atoms with E-state index in [1.165, 1.54) is 30.2 Å². The largest absolute Gasteiger partial charge is 0.465 e. The molecule has 0 radical (unpaired) electrons. The number of nitrogens with one attached hydrogen (secondary N) is 1. The van der Waals surface area contributed by atoms with Crippen molar-refractivity contribution in [1.82, 2.24) is 4.90 Å². The Balaban J connectivity index is 1.62. The molecular weight excluding hydrogens is 422 g/mol. The third kappa shape index (κ3) is 3.42. The van der Waals surface area contributed by atoms with Crippen LogP contribution in [0.5, 0.6) is 0 Å². The van der Waals surface area contributed by atoms with Crippen LogP contribution in [0.4, 0.5) is 11.4 Å². The van der Waals surface area contributed by atoms with Gasteiger partial charge in [0.1, 0.15) is 12.2 Å². The van der Waals surface area contributed by atoms with Crippen molar-refractivity contribution in [3.05, 3.63) is 58.6 Å². The molecule has 1 fully saturated rings. The van der Waals surface area contributed by atoms with E-state index in [0.29, 0.717) is 17.7 Å². The zero-order valence-corrected chi connectivity index (χ0v) is 17.7. The number of ether oxygens (including phenoxy) is 1. The lowest BCUT2D eigenvalue weighted by molar-refractivity contribution is -0.120. The third-order valence-corrected chi connectivity index (χ3v) is 6.04. The molecule has 0 aromatic heterocycles. The van der Waals surface area contributed by atoms with Crippen molar-refractivity contribution in [2.24, 2.45) is 0 Å². The normalized spacial score (nSPS) is 19.7. The number of fused-ring (bicyclic) bond motifs is 3. The minimum absolute atomic E-state index is 0.0957. The summed E-state index contributed by atoms with van der Waals surface area (Å²) in [6.45, 7) is 1.50. The molecule has 2 heterocycles. The molecule has 9 heteroatoms. The maximum Gasteiger partial charge on any atom is 0.337 e. The Morgan fingerprint density at radius 3 is 2.68 bits per heavy atom. The van der Waals surface area contributed by atoms with Crippen LogP contribution in [0.3, 0.4) is 0 Å². The van der Waals surface area contributed by atoms with Crippen LogP contribution in [0.15, 0.2) is 42.5 Å². The van der Waals surface area contributed by atoms with Gasteiger partial charge in [-0.05, 0) is 43.7 Å². The fraction of sp³-hybridized carbons (Fsp3) is 0.273. The second-order valence-corrected chi connectivity index (χ2v) is 8.00. The monoisotopic (exact) mass is 441 g/mol. The Morgan fingerprint density at radius 1 is 1.19 bits per heavy atom. The van der Waals surface area contributed by atoms with Gasteiger partial charge < -0.3 is 15.0 Å². The number of benzene rings is 2. The highest BCUT2D eigenvalue weighted by molar-refractivity contribution is 6.34. The molecule has 4 rings (SSSR count). The highest BCUT2D eigenvalue weighted by Gasteiger charge is 2.53. The summed E-state index contributed by atoms with van der Waals surface area (Å²) in [6, 6.07) is 11.2. The van der Waals surface area contributed by atoms with E-state index in [4.69, 9.17) is 16.3 Å². The Kier molecular flexibility index (Phi) is 5.18. The van der Waals surface area contributed by atoms with Gasteiger partial charge in [-0.3, -0.25) is 19.3 Å². The Hall–Kier alpha value is -3.39. The maximum absolute atomic E-state index is 13.2. The molecule has 31 heavy (non-hydrogen) atoms. The summed E-state index contributed by atoms with van der Waals surface area (Å²) in [5, 5.41) is 2.89. The van der Waals surface area contributed by atoms with Crippen LogP contribution in [0.2, 0.25) is 5.02 Å². The maximum atomic E-state index is 13.2. The minimum Gasteiger partial charge on any atom is -0.465 e.